The smallest absolute Gasteiger partial charge is 0.146 e. The van der Waals surface area contributed by atoms with Gasteiger partial charge in [0.05, 0.1) is 23.6 Å². The Kier molecular flexibility index (Phi) is 7.83. The van der Waals surface area contributed by atoms with Crippen LogP contribution in [0.1, 0.15) is 33.4 Å². The lowest BCUT2D eigenvalue weighted by atomic mass is 10.1. The SMILES string of the molecule is N#Cc1cccc(Oc2ccccc2/C=N/N=C/c2ccccc2Oc2cccc(C#N)c2C#N)c1C#N. The van der Waals surface area contributed by atoms with Crippen LogP contribution in [0.4, 0.5) is 0 Å². The fourth-order valence-corrected chi connectivity index (χ4v) is 3.44. The molecule has 0 aliphatic rings. The Balaban J connectivity index is 1.56. The maximum Gasteiger partial charge on any atom is 0.146 e. The summed E-state index contributed by atoms with van der Waals surface area (Å²) in [6.45, 7) is 0. The van der Waals surface area contributed by atoms with E-state index in [0.29, 0.717) is 22.6 Å². The molecule has 8 nitrogen and oxygen atoms in total. The third-order valence-electron chi connectivity index (χ3n) is 5.26. The monoisotopic (exact) mass is 492 g/mol. The first kappa shape index (κ1) is 24.9. The maximum atomic E-state index is 9.46. The Labute approximate surface area is 218 Å². The van der Waals surface area contributed by atoms with Gasteiger partial charge in [-0.1, -0.05) is 36.4 Å². The van der Waals surface area contributed by atoms with Crippen LogP contribution in [-0.2, 0) is 0 Å². The average molecular weight is 492 g/mol. The molecule has 0 heterocycles. The lowest BCUT2D eigenvalue weighted by molar-refractivity contribution is 0.480. The maximum absolute atomic E-state index is 9.46. The van der Waals surface area contributed by atoms with Gasteiger partial charge in [0.1, 0.15) is 58.4 Å². The number of nitrogens with zero attached hydrogens (tertiary/aromatic N) is 6. The van der Waals surface area contributed by atoms with Gasteiger partial charge >= 0.3 is 0 Å². The van der Waals surface area contributed by atoms with E-state index in [9.17, 15) is 21.0 Å². The number of rotatable bonds is 7. The van der Waals surface area contributed by atoms with Crippen LogP contribution in [0.3, 0.4) is 0 Å². The lowest BCUT2D eigenvalue weighted by Crippen LogP contribution is -1.95. The standard InChI is InChI=1S/C30H16N6O2/c31-15-21-9-5-13-29(25(21)17-33)37-27-11-3-1-7-23(27)19-35-36-20-24-8-2-4-12-28(24)38-30-14-6-10-22(16-32)26(30)18-34/h1-14,19-20H/b35-19+,36-20+. The molecule has 0 amide bonds. The highest BCUT2D eigenvalue weighted by atomic mass is 16.5. The molecule has 178 valence electrons. The molecule has 0 saturated carbocycles. The van der Waals surface area contributed by atoms with Gasteiger partial charge in [0.2, 0.25) is 0 Å². The van der Waals surface area contributed by atoms with Crippen molar-refractivity contribution in [1.82, 2.24) is 0 Å². The van der Waals surface area contributed by atoms with Crippen molar-refractivity contribution in [2.75, 3.05) is 0 Å². The molecule has 0 atom stereocenters. The van der Waals surface area contributed by atoms with Crippen LogP contribution >= 0.6 is 0 Å². The van der Waals surface area contributed by atoms with Crippen molar-refractivity contribution in [3.63, 3.8) is 0 Å². The molecule has 4 aromatic rings. The summed E-state index contributed by atoms with van der Waals surface area (Å²) in [6, 6.07) is 31.8. The Bertz CT molecular complexity index is 1600. The van der Waals surface area contributed by atoms with E-state index in [1.807, 2.05) is 24.3 Å². The van der Waals surface area contributed by atoms with E-state index in [4.69, 9.17) is 9.47 Å². The first-order chi connectivity index (χ1) is 18.7. The largest absolute Gasteiger partial charge is 0.455 e. The van der Waals surface area contributed by atoms with E-state index in [0.717, 1.165) is 0 Å². The summed E-state index contributed by atoms with van der Waals surface area (Å²) in [7, 11) is 0. The van der Waals surface area contributed by atoms with Gasteiger partial charge in [-0.2, -0.15) is 31.3 Å². The first-order valence-electron chi connectivity index (χ1n) is 11.1. The molecule has 0 fully saturated rings. The zero-order chi connectivity index (χ0) is 26.7. The molecule has 38 heavy (non-hydrogen) atoms. The van der Waals surface area contributed by atoms with Crippen molar-refractivity contribution in [2.45, 2.75) is 0 Å². The molecule has 0 bridgehead atoms. The van der Waals surface area contributed by atoms with E-state index in [-0.39, 0.29) is 33.8 Å². The van der Waals surface area contributed by atoms with Gasteiger partial charge in [-0.15, -0.1) is 0 Å². The van der Waals surface area contributed by atoms with Gasteiger partial charge in [0.15, 0.2) is 0 Å². The molecule has 0 aliphatic carbocycles. The topological polar surface area (TPSA) is 138 Å². The zero-order valence-corrected chi connectivity index (χ0v) is 19.7. The second-order valence-corrected chi connectivity index (χ2v) is 7.57. The van der Waals surface area contributed by atoms with Crippen molar-refractivity contribution in [3.05, 3.63) is 118 Å². The molecule has 0 radical (unpaired) electrons. The number of hydrogen-bond donors (Lipinski definition) is 0. The van der Waals surface area contributed by atoms with Crippen molar-refractivity contribution in [1.29, 1.82) is 21.0 Å². The Morgan fingerprint density at radius 2 is 0.868 bits per heavy atom. The second kappa shape index (κ2) is 12.0. The third kappa shape index (κ3) is 5.53. The van der Waals surface area contributed by atoms with Gasteiger partial charge in [-0.25, -0.2) is 0 Å². The van der Waals surface area contributed by atoms with Crippen LogP contribution in [0, 0.1) is 45.3 Å². The van der Waals surface area contributed by atoms with Gasteiger partial charge < -0.3 is 9.47 Å². The fourth-order valence-electron chi connectivity index (χ4n) is 3.44. The molecular formula is C30H16N6O2. The van der Waals surface area contributed by atoms with E-state index in [1.165, 1.54) is 12.4 Å². The van der Waals surface area contributed by atoms with Crippen molar-refractivity contribution in [3.8, 4) is 47.3 Å². The van der Waals surface area contributed by atoms with Crippen LogP contribution in [0.5, 0.6) is 23.0 Å². The van der Waals surface area contributed by atoms with Gasteiger partial charge in [-0.3, -0.25) is 0 Å². The molecule has 4 rings (SSSR count). The lowest BCUT2D eigenvalue weighted by Gasteiger charge is -2.10. The summed E-state index contributed by atoms with van der Waals surface area (Å²) in [4.78, 5) is 0. The molecule has 0 N–H and O–H groups in total. The van der Waals surface area contributed by atoms with Crippen LogP contribution in [-0.4, -0.2) is 12.4 Å². The minimum atomic E-state index is 0.149. The van der Waals surface area contributed by atoms with Crippen LogP contribution < -0.4 is 9.47 Å². The summed E-state index contributed by atoms with van der Waals surface area (Å²) in [6.07, 6.45) is 3.00. The van der Waals surface area contributed by atoms with E-state index in [1.54, 1.807) is 84.9 Å². The quantitative estimate of drug-likeness (QED) is 0.222. The Morgan fingerprint density at radius 1 is 0.474 bits per heavy atom. The Hall–Kier alpha value is -6.22. The molecular weight excluding hydrogens is 476 g/mol. The predicted octanol–water partition coefficient (Wildman–Crippen LogP) is 6.21. The summed E-state index contributed by atoms with van der Waals surface area (Å²) in [5, 5.41) is 45.7. The van der Waals surface area contributed by atoms with Crippen LogP contribution in [0.2, 0.25) is 0 Å². The molecule has 0 aromatic heterocycles. The zero-order valence-electron chi connectivity index (χ0n) is 19.7. The molecule has 0 spiro atoms. The van der Waals surface area contributed by atoms with Crippen LogP contribution in [0.25, 0.3) is 0 Å². The van der Waals surface area contributed by atoms with E-state index < -0.39 is 0 Å². The number of benzene rings is 4. The van der Waals surface area contributed by atoms with Crippen molar-refractivity contribution < 1.29 is 9.47 Å². The van der Waals surface area contributed by atoms with Gasteiger partial charge in [-0.05, 0) is 48.5 Å². The van der Waals surface area contributed by atoms with Gasteiger partial charge in [0.25, 0.3) is 0 Å². The highest BCUT2D eigenvalue weighted by molar-refractivity contribution is 5.86. The second-order valence-electron chi connectivity index (χ2n) is 7.57. The molecule has 0 saturated heterocycles. The Morgan fingerprint density at radius 3 is 1.26 bits per heavy atom. The normalized spacial score (nSPS) is 10.3. The fraction of sp³-hybridized carbons (Fsp3) is 0. The van der Waals surface area contributed by atoms with Crippen LogP contribution in [0.15, 0.2) is 95.1 Å². The third-order valence-corrected chi connectivity index (χ3v) is 5.26. The predicted molar refractivity (Wildman–Crippen MR) is 140 cm³/mol. The first-order valence-corrected chi connectivity index (χ1v) is 11.1. The molecule has 0 unspecified atom stereocenters. The number of nitriles is 4. The highest BCUT2D eigenvalue weighted by Gasteiger charge is 2.12. The summed E-state index contributed by atoms with van der Waals surface area (Å²) >= 11 is 0. The van der Waals surface area contributed by atoms with E-state index >= 15 is 0 Å². The summed E-state index contributed by atoms with van der Waals surface area (Å²) in [5.74, 6) is 1.39. The minimum absolute atomic E-state index is 0.149. The molecule has 4 aromatic carbocycles. The van der Waals surface area contributed by atoms with Gasteiger partial charge in [0, 0.05) is 11.1 Å². The van der Waals surface area contributed by atoms with E-state index in [2.05, 4.69) is 10.2 Å². The van der Waals surface area contributed by atoms with Crippen molar-refractivity contribution >= 4 is 12.4 Å². The summed E-state index contributed by atoms with van der Waals surface area (Å²) in [5.41, 5.74) is 1.96. The molecule has 0 aliphatic heterocycles. The number of ether oxygens (including phenoxy) is 2. The number of para-hydroxylation sites is 2. The average Bonchev–Trinajstić information content (AvgIpc) is 2.96. The number of hydrogen-bond acceptors (Lipinski definition) is 8. The van der Waals surface area contributed by atoms with Crippen molar-refractivity contribution in [2.24, 2.45) is 10.2 Å². The summed E-state index contributed by atoms with van der Waals surface area (Å²) < 4.78 is 11.9. The molecule has 8 heteroatoms. The highest BCUT2D eigenvalue weighted by Crippen LogP contribution is 2.30. The minimum Gasteiger partial charge on any atom is -0.455 e.